The first-order valence-electron chi connectivity index (χ1n) is 10.3. The van der Waals surface area contributed by atoms with Crippen LogP contribution in [0.15, 0.2) is 65.3 Å². The summed E-state index contributed by atoms with van der Waals surface area (Å²) < 4.78 is 27.4. The minimum atomic E-state index is -0.760. The van der Waals surface area contributed by atoms with Crippen LogP contribution in [-0.4, -0.2) is 26.8 Å². The van der Waals surface area contributed by atoms with Crippen molar-refractivity contribution in [2.45, 2.75) is 26.4 Å². The molecule has 0 saturated carbocycles. The van der Waals surface area contributed by atoms with Crippen LogP contribution >= 0.6 is 0 Å². The van der Waals surface area contributed by atoms with Crippen molar-refractivity contribution >= 4 is 5.97 Å². The van der Waals surface area contributed by atoms with Gasteiger partial charge >= 0.3 is 5.97 Å². The average molecular weight is 450 g/mol. The van der Waals surface area contributed by atoms with Crippen LogP contribution in [0.2, 0.25) is 0 Å². The quantitative estimate of drug-likeness (QED) is 0.602. The first-order valence-corrected chi connectivity index (χ1v) is 10.3. The molecule has 33 heavy (non-hydrogen) atoms. The summed E-state index contributed by atoms with van der Waals surface area (Å²) in [6.07, 6.45) is 0. The summed E-state index contributed by atoms with van der Waals surface area (Å²) in [6.45, 7) is 3.81. The Morgan fingerprint density at radius 2 is 1.94 bits per heavy atom. The topological polar surface area (TPSA) is 113 Å². The number of rotatable bonds is 8. The molecule has 1 unspecified atom stereocenters. The molecule has 8 nitrogen and oxygen atoms in total. The van der Waals surface area contributed by atoms with Crippen molar-refractivity contribution in [3.8, 4) is 23.3 Å². The number of methoxy groups -OCH3 is 2. The van der Waals surface area contributed by atoms with E-state index in [1.54, 1.807) is 39.2 Å². The number of nitriles is 1. The summed E-state index contributed by atoms with van der Waals surface area (Å²) in [5.74, 6) is 0.586. The number of carbonyl (C=O) groups is 1. The van der Waals surface area contributed by atoms with E-state index in [4.69, 9.17) is 29.4 Å². The van der Waals surface area contributed by atoms with Gasteiger partial charge in [0.05, 0.1) is 32.3 Å². The zero-order valence-corrected chi connectivity index (χ0v) is 19.0. The van der Waals surface area contributed by atoms with Gasteiger partial charge in [0, 0.05) is 0 Å². The Labute approximate surface area is 192 Å². The van der Waals surface area contributed by atoms with E-state index in [1.165, 1.54) is 7.11 Å². The number of ether oxygens (including phenoxy) is 5. The molecule has 2 aromatic carbocycles. The Hall–Kier alpha value is -4.12. The molecule has 8 heteroatoms. The smallest absolute Gasteiger partial charge is 0.338 e. The summed E-state index contributed by atoms with van der Waals surface area (Å²) >= 11 is 0. The molecule has 1 atom stereocenters. The first kappa shape index (κ1) is 23.5. The maximum Gasteiger partial charge on any atom is 0.338 e. The molecule has 2 N–H and O–H groups in total. The third-order valence-electron chi connectivity index (χ3n) is 5.15. The number of hydrogen-bond donors (Lipinski definition) is 1. The summed E-state index contributed by atoms with van der Waals surface area (Å²) in [5, 5.41) is 9.73. The molecule has 2 aromatic rings. The molecule has 0 aliphatic carbocycles. The molecule has 3 rings (SSSR count). The summed E-state index contributed by atoms with van der Waals surface area (Å²) in [5.41, 5.74) is 7.84. The van der Waals surface area contributed by atoms with Gasteiger partial charge in [-0.1, -0.05) is 18.2 Å². The predicted octanol–water partition coefficient (Wildman–Crippen LogP) is 3.93. The summed E-state index contributed by atoms with van der Waals surface area (Å²) in [4.78, 5) is 12.7. The molecule has 1 heterocycles. The normalized spacial score (nSPS) is 15.4. The van der Waals surface area contributed by atoms with Crippen LogP contribution in [0.3, 0.4) is 0 Å². The number of esters is 1. The van der Waals surface area contributed by atoms with Crippen molar-refractivity contribution in [1.29, 1.82) is 5.26 Å². The molecule has 0 bridgehead atoms. The third kappa shape index (κ3) is 5.04. The van der Waals surface area contributed by atoms with Crippen LogP contribution in [0.5, 0.6) is 17.2 Å². The highest BCUT2D eigenvalue weighted by molar-refractivity contribution is 5.92. The van der Waals surface area contributed by atoms with Crippen LogP contribution in [0.25, 0.3) is 0 Å². The van der Waals surface area contributed by atoms with Crippen molar-refractivity contribution in [3.63, 3.8) is 0 Å². The minimum absolute atomic E-state index is 0.0506. The standard InChI is InChI=1S/C25H26N2O6/c1-5-31-25(28)22-15(2)33-24(27)19(13-26)23(22)17-9-10-20(21(12-17)30-4)32-14-16-7-6-8-18(11-16)29-3/h6-12,23H,5,14,27H2,1-4H3. The van der Waals surface area contributed by atoms with Gasteiger partial charge in [-0.2, -0.15) is 5.26 Å². The molecular formula is C25H26N2O6. The summed E-state index contributed by atoms with van der Waals surface area (Å²) in [7, 11) is 3.12. The monoisotopic (exact) mass is 450 g/mol. The Morgan fingerprint density at radius 1 is 1.15 bits per heavy atom. The van der Waals surface area contributed by atoms with Gasteiger partial charge in [-0.3, -0.25) is 0 Å². The Bertz CT molecular complexity index is 1150. The predicted molar refractivity (Wildman–Crippen MR) is 120 cm³/mol. The van der Waals surface area contributed by atoms with E-state index in [1.807, 2.05) is 24.3 Å². The van der Waals surface area contributed by atoms with Crippen molar-refractivity contribution < 1.29 is 28.5 Å². The van der Waals surface area contributed by atoms with Gasteiger partial charge in [0.25, 0.3) is 0 Å². The van der Waals surface area contributed by atoms with E-state index < -0.39 is 11.9 Å². The first-order chi connectivity index (χ1) is 15.9. The van der Waals surface area contributed by atoms with Gasteiger partial charge in [-0.15, -0.1) is 0 Å². The Kier molecular flexibility index (Phi) is 7.46. The van der Waals surface area contributed by atoms with Crippen LogP contribution < -0.4 is 19.9 Å². The number of hydrogen-bond acceptors (Lipinski definition) is 8. The summed E-state index contributed by atoms with van der Waals surface area (Å²) in [6, 6.07) is 14.8. The average Bonchev–Trinajstić information content (AvgIpc) is 2.82. The van der Waals surface area contributed by atoms with E-state index in [-0.39, 0.29) is 29.4 Å². The van der Waals surface area contributed by atoms with Crippen LogP contribution in [0, 0.1) is 11.3 Å². The Balaban J connectivity index is 1.96. The molecule has 1 aliphatic rings. The lowest BCUT2D eigenvalue weighted by Crippen LogP contribution is -2.25. The zero-order valence-electron chi connectivity index (χ0n) is 19.0. The Morgan fingerprint density at radius 3 is 2.61 bits per heavy atom. The van der Waals surface area contributed by atoms with E-state index in [2.05, 4.69) is 6.07 Å². The van der Waals surface area contributed by atoms with Crippen LogP contribution in [-0.2, 0) is 20.9 Å². The minimum Gasteiger partial charge on any atom is -0.497 e. The van der Waals surface area contributed by atoms with Crippen molar-refractivity contribution in [3.05, 3.63) is 76.4 Å². The number of nitrogens with zero attached hydrogens (tertiary/aromatic N) is 1. The highest BCUT2D eigenvalue weighted by Crippen LogP contribution is 2.42. The maximum absolute atomic E-state index is 12.7. The van der Waals surface area contributed by atoms with Crippen molar-refractivity contribution in [2.24, 2.45) is 5.73 Å². The second-order valence-corrected chi connectivity index (χ2v) is 7.17. The van der Waals surface area contributed by atoms with Gasteiger partial charge in [-0.05, 0) is 49.2 Å². The van der Waals surface area contributed by atoms with Gasteiger partial charge in [-0.25, -0.2) is 4.79 Å². The largest absolute Gasteiger partial charge is 0.497 e. The lowest BCUT2D eigenvalue weighted by atomic mass is 9.83. The number of nitrogens with two attached hydrogens (primary N) is 1. The fraction of sp³-hybridized carbons (Fsp3) is 0.280. The molecule has 1 aliphatic heterocycles. The number of benzene rings is 2. The molecule has 0 aromatic heterocycles. The van der Waals surface area contributed by atoms with Crippen LogP contribution in [0.4, 0.5) is 0 Å². The van der Waals surface area contributed by atoms with E-state index >= 15 is 0 Å². The number of carbonyl (C=O) groups excluding carboxylic acids is 1. The van der Waals surface area contributed by atoms with Crippen LogP contribution in [0.1, 0.15) is 30.9 Å². The third-order valence-corrected chi connectivity index (χ3v) is 5.15. The van der Waals surface area contributed by atoms with Gasteiger partial charge < -0.3 is 29.4 Å². The van der Waals surface area contributed by atoms with Gasteiger partial charge in [0.2, 0.25) is 5.88 Å². The van der Waals surface area contributed by atoms with Crippen molar-refractivity contribution in [2.75, 3.05) is 20.8 Å². The molecule has 0 fully saturated rings. The molecule has 172 valence electrons. The van der Waals surface area contributed by atoms with E-state index in [0.717, 1.165) is 11.3 Å². The molecule has 0 amide bonds. The second-order valence-electron chi connectivity index (χ2n) is 7.17. The fourth-order valence-electron chi connectivity index (χ4n) is 3.59. The highest BCUT2D eigenvalue weighted by atomic mass is 16.5. The lowest BCUT2D eigenvalue weighted by molar-refractivity contribution is -0.139. The molecule has 0 saturated heterocycles. The zero-order chi connectivity index (χ0) is 24.0. The second kappa shape index (κ2) is 10.5. The SMILES string of the molecule is CCOC(=O)C1=C(C)OC(N)=C(C#N)C1c1ccc(OCc2cccc(OC)c2)c(OC)c1. The molecule has 0 radical (unpaired) electrons. The van der Waals surface area contributed by atoms with Gasteiger partial charge in [0.15, 0.2) is 11.5 Å². The maximum atomic E-state index is 12.7. The molecular weight excluding hydrogens is 424 g/mol. The fourth-order valence-corrected chi connectivity index (χ4v) is 3.59. The lowest BCUT2D eigenvalue weighted by Gasteiger charge is -2.27. The highest BCUT2D eigenvalue weighted by Gasteiger charge is 2.36. The van der Waals surface area contributed by atoms with E-state index in [0.29, 0.717) is 23.7 Å². The molecule has 0 spiro atoms. The van der Waals surface area contributed by atoms with E-state index in [9.17, 15) is 10.1 Å². The van der Waals surface area contributed by atoms with Crippen molar-refractivity contribution in [1.82, 2.24) is 0 Å². The van der Waals surface area contributed by atoms with Gasteiger partial charge in [0.1, 0.15) is 29.8 Å². The number of allylic oxidation sites excluding steroid dienone is 2.